The number of nitro groups is 1. The van der Waals surface area contributed by atoms with Crippen molar-refractivity contribution in [3.05, 3.63) is 67.5 Å². The van der Waals surface area contributed by atoms with Gasteiger partial charge in [0.2, 0.25) is 0 Å². The Kier molecular flexibility index (Phi) is 3.66. The number of nitrogens with zero attached hydrogens (tertiary/aromatic N) is 3. The molecule has 2 N–H and O–H groups in total. The molecule has 1 aromatic carbocycles. The molecule has 0 radical (unpaired) electrons. The molecule has 0 amide bonds. The molecule has 148 valence electrons. The van der Waals surface area contributed by atoms with Gasteiger partial charge in [-0.25, -0.2) is 4.98 Å². The summed E-state index contributed by atoms with van der Waals surface area (Å²) in [6.45, 7) is 1.82. The quantitative estimate of drug-likeness (QED) is 0.391. The van der Waals surface area contributed by atoms with E-state index in [9.17, 15) is 25.1 Å². The summed E-state index contributed by atoms with van der Waals surface area (Å²) in [5.74, 6) is 0. The van der Waals surface area contributed by atoms with E-state index in [-0.39, 0.29) is 30.8 Å². The molecule has 9 heteroatoms. The zero-order valence-corrected chi connectivity index (χ0v) is 15.5. The Labute approximate surface area is 164 Å². The molecule has 2 aromatic heterocycles. The van der Waals surface area contributed by atoms with Gasteiger partial charge in [-0.15, -0.1) is 0 Å². The minimum Gasteiger partial charge on any atom is -0.380 e. The Morgan fingerprint density at radius 1 is 1.41 bits per heavy atom. The van der Waals surface area contributed by atoms with Crippen molar-refractivity contribution >= 4 is 16.6 Å². The van der Waals surface area contributed by atoms with Crippen molar-refractivity contribution in [2.75, 3.05) is 0 Å². The molecule has 3 aromatic rings. The third-order valence-corrected chi connectivity index (χ3v) is 5.88. The van der Waals surface area contributed by atoms with Crippen LogP contribution in [-0.4, -0.2) is 31.0 Å². The van der Waals surface area contributed by atoms with E-state index in [0.717, 1.165) is 0 Å². The van der Waals surface area contributed by atoms with Crippen molar-refractivity contribution in [3.63, 3.8) is 0 Å². The van der Waals surface area contributed by atoms with Gasteiger partial charge in [0.1, 0.15) is 5.60 Å². The first-order valence-corrected chi connectivity index (χ1v) is 9.21. The van der Waals surface area contributed by atoms with Crippen LogP contribution in [0.3, 0.4) is 0 Å². The number of ether oxygens (including phenoxy) is 1. The topological polar surface area (TPSA) is 128 Å². The molecule has 9 nitrogen and oxygen atoms in total. The third kappa shape index (κ3) is 2.32. The average molecular weight is 395 g/mol. The molecule has 4 heterocycles. The second-order valence-electron chi connectivity index (χ2n) is 7.35. The summed E-state index contributed by atoms with van der Waals surface area (Å²) in [4.78, 5) is 28.6. The van der Waals surface area contributed by atoms with Gasteiger partial charge < -0.3 is 19.5 Å². The predicted molar refractivity (Wildman–Crippen MR) is 102 cm³/mol. The van der Waals surface area contributed by atoms with Gasteiger partial charge in [0, 0.05) is 22.8 Å². The molecule has 1 unspecified atom stereocenters. The van der Waals surface area contributed by atoms with Crippen molar-refractivity contribution in [2.24, 2.45) is 0 Å². The number of nitro benzene ring substituents is 1. The van der Waals surface area contributed by atoms with Gasteiger partial charge >= 0.3 is 0 Å². The first-order valence-electron chi connectivity index (χ1n) is 9.21. The second-order valence-corrected chi connectivity index (χ2v) is 7.35. The van der Waals surface area contributed by atoms with Crippen LogP contribution in [-0.2, 0) is 23.5 Å². The fourth-order valence-corrected chi connectivity index (χ4v) is 4.26. The molecule has 29 heavy (non-hydrogen) atoms. The van der Waals surface area contributed by atoms with Crippen LogP contribution in [0.5, 0.6) is 0 Å². The Morgan fingerprint density at radius 3 is 2.93 bits per heavy atom. The Morgan fingerprint density at radius 2 is 2.21 bits per heavy atom. The number of aromatic nitrogens is 2. The standard InChI is InChI=1S/C20H17N3O6/c1-2-20(26)13-7-16-17-10(8-22(16)18(24)12(13)9-29-19(20)25)6-11-14(21-17)4-3-5-15(11)23(27)28/h3-7,19,25-26H,2,8-9H2,1H3/t19?,20-/m0/s1. The second kappa shape index (κ2) is 5.93. The summed E-state index contributed by atoms with van der Waals surface area (Å²) in [5.41, 5.74) is 0.760. The van der Waals surface area contributed by atoms with Gasteiger partial charge in [0.25, 0.3) is 11.2 Å². The number of aliphatic hydroxyl groups excluding tert-OH is 1. The summed E-state index contributed by atoms with van der Waals surface area (Å²) < 4.78 is 6.76. The molecule has 0 fully saturated rings. The Balaban J connectivity index is 1.78. The van der Waals surface area contributed by atoms with Crippen molar-refractivity contribution in [1.29, 1.82) is 0 Å². The van der Waals surface area contributed by atoms with E-state index < -0.39 is 16.8 Å². The summed E-state index contributed by atoms with van der Waals surface area (Å²) in [5, 5.41) is 32.9. The first kappa shape index (κ1) is 17.9. The number of benzene rings is 1. The van der Waals surface area contributed by atoms with Crippen molar-refractivity contribution in [1.82, 2.24) is 9.55 Å². The lowest BCUT2D eigenvalue weighted by Gasteiger charge is -2.37. The average Bonchev–Trinajstić information content (AvgIpc) is 3.07. The largest absolute Gasteiger partial charge is 0.380 e. The third-order valence-electron chi connectivity index (χ3n) is 5.88. The molecule has 2 aliphatic heterocycles. The summed E-state index contributed by atoms with van der Waals surface area (Å²) in [7, 11) is 0. The highest BCUT2D eigenvalue weighted by Crippen LogP contribution is 2.40. The molecule has 0 spiro atoms. The monoisotopic (exact) mass is 395 g/mol. The van der Waals surface area contributed by atoms with Crippen molar-refractivity contribution in [2.45, 2.75) is 38.4 Å². The molecule has 0 bridgehead atoms. The smallest absolute Gasteiger partial charge is 0.278 e. The predicted octanol–water partition coefficient (Wildman–Crippen LogP) is 1.78. The highest BCUT2D eigenvalue weighted by Gasteiger charge is 2.44. The van der Waals surface area contributed by atoms with E-state index in [0.29, 0.717) is 39.0 Å². The van der Waals surface area contributed by atoms with Crippen LogP contribution in [0.15, 0.2) is 35.1 Å². The summed E-state index contributed by atoms with van der Waals surface area (Å²) >= 11 is 0. The lowest BCUT2D eigenvalue weighted by molar-refractivity contribution is -0.383. The maximum atomic E-state index is 13.1. The van der Waals surface area contributed by atoms with Crippen LogP contribution < -0.4 is 5.56 Å². The zero-order chi connectivity index (χ0) is 20.5. The van der Waals surface area contributed by atoms with Crippen LogP contribution in [0.2, 0.25) is 0 Å². The molecular formula is C20H17N3O6. The van der Waals surface area contributed by atoms with Crippen LogP contribution >= 0.6 is 0 Å². The van der Waals surface area contributed by atoms with Crippen LogP contribution in [0, 0.1) is 10.1 Å². The first-order chi connectivity index (χ1) is 13.8. The molecule has 0 aliphatic carbocycles. The van der Waals surface area contributed by atoms with E-state index in [1.165, 1.54) is 10.6 Å². The van der Waals surface area contributed by atoms with Gasteiger partial charge in [0.05, 0.1) is 40.4 Å². The SMILES string of the molecule is CC[C@]1(O)c2cc3n(c(=O)c2COC1O)Cc1cc2c([N+](=O)[O-])cccc2nc1-3. The lowest BCUT2D eigenvalue weighted by atomic mass is 9.85. The van der Waals surface area contributed by atoms with Gasteiger partial charge in [-0.3, -0.25) is 14.9 Å². The van der Waals surface area contributed by atoms with E-state index in [1.807, 2.05) is 0 Å². The van der Waals surface area contributed by atoms with Gasteiger partial charge in [0.15, 0.2) is 6.29 Å². The fourth-order valence-electron chi connectivity index (χ4n) is 4.26. The Hall–Kier alpha value is -3.14. The lowest BCUT2D eigenvalue weighted by Crippen LogP contribution is -2.47. The number of pyridine rings is 2. The maximum absolute atomic E-state index is 13.1. The number of hydrogen-bond donors (Lipinski definition) is 2. The number of aliphatic hydroxyl groups is 2. The fraction of sp³-hybridized carbons (Fsp3) is 0.300. The number of rotatable bonds is 2. The summed E-state index contributed by atoms with van der Waals surface area (Å²) in [6.07, 6.45) is -1.27. The maximum Gasteiger partial charge on any atom is 0.278 e. The van der Waals surface area contributed by atoms with E-state index >= 15 is 0 Å². The molecule has 0 saturated carbocycles. The Bertz CT molecular complexity index is 1270. The molecule has 5 rings (SSSR count). The minimum atomic E-state index is -1.69. The minimum absolute atomic E-state index is 0.0442. The molecular weight excluding hydrogens is 378 g/mol. The van der Waals surface area contributed by atoms with Gasteiger partial charge in [-0.1, -0.05) is 13.0 Å². The van der Waals surface area contributed by atoms with Crippen LogP contribution in [0.1, 0.15) is 30.0 Å². The van der Waals surface area contributed by atoms with E-state index in [4.69, 9.17) is 4.74 Å². The van der Waals surface area contributed by atoms with Crippen molar-refractivity contribution < 1.29 is 19.9 Å². The highest BCUT2D eigenvalue weighted by molar-refractivity contribution is 5.91. The molecule has 0 saturated heterocycles. The van der Waals surface area contributed by atoms with Crippen LogP contribution in [0.25, 0.3) is 22.3 Å². The number of fused-ring (bicyclic) bond motifs is 5. The zero-order valence-electron chi connectivity index (χ0n) is 15.5. The van der Waals surface area contributed by atoms with Gasteiger partial charge in [-0.2, -0.15) is 0 Å². The number of non-ortho nitro benzene ring substituents is 1. The van der Waals surface area contributed by atoms with Crippen LogP contribution in [0.4, 0.5) is 5.69 Å². The van der Waals surface area contributed by atoms with E-state index in [2.05, 4.69) is 4.98 Å². The van der Waals surface area contributed by atoms with Crippen molar-refractivity contribution in [3.8, 4) is 11.4 Å². The normalized spacial score (nSPS) is 22.2. The van der Waals surface area contributed by atoms with E-state index in [1.54, 1.807) is 31.2 Å². The highest BCUT2D eigenvalue weighted by atomic mass is 16.6. The summed E-state index contributed by atoms with van der Waals surface area (Å²) in [6, 6.07) is 8.04. The number of hydrogen-bond acceptors (Lipinski definition) is 7. The molecule has 2 atom stereocenters. The van der Waals surface area contributed by atoms with Gasteiger partial charge in [-0.05, 0) is 24.6 Å². The molecule has 2 aliphatic rings.